The van der Waals surface area contributed by atoms with Crippen LogP contribution in [0.1, 0.15) is 12.7 Å². The number of aryl methyl sites for hydroxylation is 1. The van der Waals surface area contributed by atoms with Crippen LogP contribution in [0.25, 0.3) is 0 Å². The zero-order valence-corrected chi connectivity index (χ0v) is 14.1. The summed E-state index contributed by atoms with van der Waals surface area (Å²) in [5.41, 5.74) is 0. The maximum Gasteiger partial charge on any atom is 0.406 e. The summed E-state index contributed by atoms with van der Waals surface area (Å²) in [7, 11) is 4.58. The van der Waals surface area contributed by atoms with Crippen LogP contribution >= 0.6 is 0 Å². The normalized spacial score (nSPS) is 12.2. The Morgan fingerprint density at radius 3 is 2.54 bits per heavy atom. The summed E-state index contributed by atoms with van der Waals surface area (Å²) in [4.78, 5) is 22.3. The third kappa shape index (κ3) is 6.42. The zero-order chi connectivity index (χ0) is 18.3. The molecule has 1 amide bonds. The van der Waals surface area contributed by atoms with Gasteiger partial charge in [0.1, 0.15) is 25.2 Å². The van der Waals surface area contributed by atoms with Gasteiger partial charge in [0, 0.05) is 27.7 Å². The molecular weight excluding hydrogens is 327 g/mol. The van der Waals surface area contributed by atoms with Crippen molar-refractivity contribution in [3.8, 4) is 0 Å². The van der Waals surface area contributed by atoms with Gasteiger partial charge in [-0.15, -0.1) is 0 Å². The number of hydrogen-bond acceptors (Lipinski definition) is 4. The van der Waals surface area contributed by atoms with Gasteiger partial charge in [0.15, 0.2) is 5.96 Å². The van der Waals surface area contributed by atoms with Gasteiger partial charge in [-0.3, -0.25) is 9.48 Å². The molecule has 24 heavy (non-hydrogen) atoms. The van der Waals surface area contributed by atoms with Crippen LogP contribution in [-0.2, 0) is 18.4 Å². The zero-order valence-electron chi connectivity index (χ0n) is 14.1. The smallest absolute Gasteiger partial charge is 0.357 e. The number of carbonyl (C=O) groups is 1. The number of carbonyl (C=O) groups excluding carboxylic acids is 1. The molecule has 0 radical (unpaired) electrons. The molecule has 0 fully saturated rings. The number of alkyl halides is 3. The molecule has 11 heteroatoms. The minimum atomic E-state index is -4.43. The van der Waals surface area contributed by atoms with Gasteiger partial charge in [-0.1, -0.05) is 0 Å². The van der Waals surface area contributed by atoms with Crippen molar-refractivity contribution in [1.29, 1.82) is 0 Å². The third-order valence-electron chi connectivity index (χ3n) is 3.09. The molecule has 0 saturated carbocycles. The quantitative estimate of drug-likeness (QED) is 0.588. The van der Waals surface area contributed by atoms with Gasteiger partial charge in [0.2, 0.25) is 5.91 Å². The average Bonchev–Trinajstić information content (AvgIpc) is 2.86. The van der Waals surface area contributed by atoms with Gasteiger partial charge >= 0.3 is 6.18 Å². The lowest BCUT2D eigenvalue weighted by molar-refractivity contribution is -0.157. The SMILES string of the molecule is CCNC(=NCC(=O)N(C)CC(F)(F)F)N(C)Cc1ncnn1C. The summed E-state index contributed by atoms with van der Waals surface area (Å²) in [6.07, 6.45) is -3.01. The maximum absolute atomic E-state index is 12.3. The fraction of sp³-hybridized carbons (Fsp3) is 0.692. The molecule has 0 unspecified atom stereocenters. The number of nitrogens with one attached hydrogen (secondary N) is 1. The first-order valence-corrected chi connectivity index (χ1v) is 7.27. The van der Waals surface area contributed by atoms with Gasteiger partial charge in [-0.2, -0.15) is 18.3 Å². The summed E-state index contributed by atoms with van der Waals surface area (Å²) in [6.45, 7) is 1.11. The van der Waals surface area contributed by atoms with Crippen molar-refractivity contribution in [3.63, 3.8) is 0 Å². The van der Waals surface area contributed by atoms with E-state index in [1.807, 2.05) is 6.92 Å². The molecule has 1 aromatic heterocycles. The molecule has 0 bridgehead atoms. The molecule has 0 aliphatic rings. The number of hydrogen-bond donors (Lipinski definition) is 1. The van der Waals surface area contributed by atoms with Crippen molar-refractivity contribution in [2.75, 3.05) is 33.7 Å². The molecule has 0 atom stereocenters. The van der Waals surface area contributed by atoms with Crippen LogP contribution in [0.15, 0.2) is 11.3 Å². The van der Waals surface area contributed by atoms with E-state index in [0.29, 0.717) is 29.8 Å². The predicted octanol–water partition coefficient (Wildman–Crippen LogP) is 0.233. The number of rotatable bonds is 6. The minimum absolute atomic E-state index is 0.377. The Bertz CT molecular complexity index is 570. The van der Waals surface area contributed by atoms with E-state index in [-0.39, 0.29) is 6.54 Å². The molecule has 136 valence electrons. The standard InChI is InChI=1S/C13H22F3N7O/c1-5-17-12(21(2)7-10-19-9-20-23(10)4)18-6-11(24)22(3)8-13(14,15)16/h9H,5-8H2,1-4H3,(H,17,18). The second-order valence-electron chi connectivity index (χ2n) is 5.19. The van der Waals surface area contributed by atoms with Crippen molar-refractivity contribution in [1.82, 2.24) is 29.9 Å². The number of nitrogens with zero attached hydrogens (tertiary/aromatic N) is 6. The Balaban J connectivity index is 2.70. The minimum Gasteiger partial charge on any atom is -0.357 e. The summed E-state index contributed by atoms with van der Waals surface area (Å²) in [5.74, 6) is 0.368. The topological polar surface area (TPSA) is 78.7 Å². The fourth-order valence-corrected chi connectivity index (χ4v) is 1.84. The van der Waals surface area contributed by atoms with E-state index < -0.39 is 18.6 Å². The molecule has 0 saturated heterocycles. The number of amides is 1. The van der Waals surface area contributed by atoms with E-state index in [0.717, 1.165) is 7.05 Å². The van der Waals surface area contributed by atoms with E-state index in [2.05, 4.69) is 20.4 Å². The van der Waals surface area contributed by atoms with Crippen LogP contribution in [0, 0.1) is 0 Å². The Kier molecular flexibility index (Phi) is 6.98. The highest BCUT2D eigenvalue weighted by atomic mass is 19.4. The second-order valence-corrected chi connectivity index (χ2v) is 5.19. The van der Waals surface area contributed by atoms with Crippen LogP contribution in [-0.4, -0.2) is 76.3 Å². The highest BCUT2D eigenvalue weighted by molar-refractivity contribution is 5.84. The number of aliphatic imine (C=N–C) groups is 1. The van der Waals surface area contributed by atoms with Gasteiger partial charge in [-0.05, 0) is 6.92 Å². The van der Waals surface area contributed by atoms with E-state index in [1.165, 1.54) is 6.33 Å². The molecule has 1 heterocycles. The van der Waals surface area contributed by atoms with Gasteiger partial charge < -0.3 is 15.1 Å². The average molecular weight is 349 g/mol. The number of halogens is 3. The van der Waals surface area contributed by atoms with Gasteiger partial charge in [-0.25, -0.2) is 9.98 Å². The van der Waals surface area contributed by atoms with Crippen molar-refractivity contribution in [2.45, 2.75) is 19.6 Å². The van der Waals surface area contributed by atoms with Crippen LogP contribution < -0.4 is 5.32 Å². The Labute approximate surface area is 138 Å². The summed E-state index contributed by atoms with van der Waals surface area (Å²) in [5, 5.41) is 6.94. The third-order valence-corrected chi connectivity index (χ3v) is 3.09. The lowest BCUT2D eigenvalue weighted by atomic mass is 10.4. The highest BCUT2D eigenvalue weighted by Crippen LogP contribution is 2.15. The molecule has 1 rings (SSSR count). The van der Waals surface area contributed by atoms with Crippen molar-refractivity contribution < 1.29 is 18.0 Å². The first-order chi connectivity index (χ1) is 11.1. The second kappa shape index (κ2) is 8.50. The monoisotopic (exact) mass is 349 g/mol. The summed E-state index contributed by atoms with van der Waals surface area (Å²) >= 11 is 0. The fourth-order valence-electron chi connectivity index (χ4n) is 1.84. The Hall–Kier alpha value is -2.33. The van der Waals surface area contributed by atoms with Crippen LogP contribution in [0.2, 0.25) is 0 Å². The van der Waals surface area contributed by atoms with E-state index in [9.17, 15) is 18.0 Å². The number of guanidine groups is 1. The molecular formula is C13H22F3N7O. The summed E-state index contributed by atoms with van der Waals surface area (Å²) < 4.78 is 38.5. The predicted molar refractivity (Wildman–Crippen MR) is 82.1 cm³/mol. The number of likely N-dealkylation sites (N-methyl/N-ethyl adjacent to an activating group) is 1. The molecule has 8 nitrogen and oxygen atoms in total. The maximum atomic E-state index is 12.3. The Morgan fingerprint density at radius 1 is 1.38 bits per heavy atom. The first-order valence-electron chi connectivity index (χ1n) is 7.27. The molecule has 0 aromatic carbocycles. The molecule has 0 spiro atoms. The van der Waals surface area contributed by atoms with Crippen LogP contribution in [0.3, 0.4) is 0 Å². The van der Waals surface area contributed by atoms with Gasteiger partial charge in [0.25, 0.3) is 0 Å². The Morgan fingerprint density at radius 2 is 2.04 bits per heavy atom. The van der Waals surface area contributed by atoms with Crippen LogP contribution in [0.5, 0.6) is 0 Å². The van der Waals surface area contributed by atoms with E-state index in [4.69, 9.17) is 0 Å². The molecule has 0 aliphatic heterocycles. The first kappa shape index (κ1) is 19.7. The highest BCUT2D eigenvalue weighted by Gasteiger charge is 2.31. The lowest BCUT2D eigenvalue weighted by Gasteiger charge is -2.22. The van der Waals surface area contributed by atoms with Crippen molar-refractivity contribution in [2.24, 2.45) is 12.0 Å². The van der Waals surface area contributed by atoms with E-state index in [1.54, 1.807) is 23.7 Å². The molecule has 1 N–H and O–H groups in total. The van der Waals surface area contributed by atoms with Gasteiger partial charge in [0.05, 0.1) is 6.54 Å². The van der Waals surface area contributed by atoms with E-state index >= 15 is 0 Å². The molecule has 1 aromatic rings. The lowest BCUT2D eigenvalue weighted by Crippen LogP contribution is -2.41. The molecule has 0 aliphatic carbocycles. The van der Waals surface area contributed by atoms with Crippen LogP contribution in [0.4, 0.5) is 13.2 Å². The van der Waals surface area contributed by atoms with Crippen molar-refractivity contribution in [3.05, 3.63) is 12.2 Å². The van der Waals surface area contributed by atoms with Crippen molar-refractivity contribution >= 4 is 11.9 Å². The summed E-state index contributed by atoms with van der Waals surface area (Å²) in [6, 6.07) is 0. The number of aromatic nitrogens is 3. The largest absolute Gasteiger partial charge is 0.406 e.